The number of benzene rings is 2. The van der Waals surface area contributed by atoms with Crippen LogP contribution in [0.5, 0.6) is 0 Å². The van der Waals surface area contributed by atoms with Crippen molar-refractivity contribution in [2.24, 2.45) is 12.8 Å². The Labute approximate surface area is 110 Å². The van der Waals surface area contributed by atoms with E-state index in [4.69, 9.17) is 5.73 Å². The monoisotopic (exact) mass is 255 g/mol. The molecule has 0 saturated carbocycles. The number of hydrogen-bond acceptors (Lipinski definition) is 2. The Balaban J connectivity index is 2.25. The van der Waals surface area contributed by atoms with E-state index in [0.29, 0.717) is 17.9 Å². The Morgan fingerprint density at radius 2 is 2.00 bits per heavy atom. The highest BCUT2D eigenvalue weighted by Gasteiger charge is 2.13. The van der Waals surface area contributed by atoms with Gasteiger partial charge in [0.05, 0.1) is 16.6 Å². The van der Waals surface area contributed by atoms with Gasteiger partial charge in [-0.25, -0.2) is 9.37 Å². The zero-order valence-corrected chi connectivity index (χ0v) is 10.6. The fraction of sp³-hybridized carbons (Fsp3) is 0.133. The van der Waals surface area contributed by atoms with Crippen molar-refractivity contribution in [2.75, 3.05) is 0 Å². The molecule has 4 heteroatoms. The van der Waals surface area contributed by atoms with Crippen molar-refractivity contribution < 1.29 is 4.39 Å². The van der Waals surface area contributed by atoms with E-state index in [1.807, 2.05) is 35.9 Å². The molecule has 3 aromatic rings. The molecule has 3 rings (SSSR count). The number of fused-ring (bicyclic) bond motifs is 1. The van der Waals surface area contributed by atoms with Crippen LogP contribution in [0.15, 0.2) is 42.5 Å². The second-order valence-corrected chi connectivity index (χ2v) is 4.50. The molecule has 1 aromatic heterocycles. The van der Waals surface area contributed by atoms with Gasteiger partial charge in [-0.2, -0.15) is 0 Å². The van der Waals surface area contributed by atoms with Crippen LogP contribution >= 0.6 is 0 Å². The molecule has 0 saturated heterocycles. The van der Waals surface area contributed by atoms with E-state index >= 15 is 0 Å². The first kappa shape index (κ1) is 11.9. The van der Waals surface area contributed by atoms with Crippen LogP contribution in [0.25, 0.3) is 22.4 Å². The average Bonchev–Trinajstić information content (AvgIpc) is 2.76. The van der Waals surface area contributed by atoms with Gasteiger partial charge < -0.3 is 10.3 Å². The Morgan fingerprint density at radius 3 is 2.74 bits per heavy atom. The number of halogens is 1. The van der Waals surface area contributed by atoms with Crippen LogP contribution < -0.4 is 5.73 Å². The van der Waals surface area contributed by atoms with Crippen molar-refractivity contribution in [3.63, 3.8) is 0 Å². The third kappa shape index (κ3) is 1.90. The maximum absolute atomic E-state index is 13.9. The molecule has 1 heterocycles. The normalized spacial score (nSPS) is 11.1. The molecule has 0 spiro atoms. The number of aromatic nitrogens is 2. The highest BCUT2D eigenvalue weighted by molar-refractivity contribution is 5.81. The summed E-state index contributed by atoms with van der Waals surface area (Å²) < 4.78 is 15.8. The highest BCUT2D eigenvalue weighted by Crippen LogP contribution is 2.26. The van der Waals surface area contributed by atoms with Gasteiger partial charge in [0.25, 0.3) is 0 Å². The summed E-state index contributed by atoms with van der Waals surface area (Å²) in [5.74, 6) is 0.363. The molecule has 0 aliphatic carbocycles. The predicted octanol–water partition coefficient (Wildman–Crippen LogP) is 2.84. The quantitative estimate of drug-likeness (QED) is 0.765. The fourth-order valence-corrected chi connectivity index (χ4v) is 2.26. The summed E-state index contributed by atoms with van der Waals surface area (Å²) in [7, 11) is 1.89. The SMILES string of the molecule is Cn1c(-c2ccccc2F)nc2cc(CN)ccc21. The molecule has 0 amide bonds. The van der Waals surface area contributed by atoms with E-state index in [9.17, 15) is 4.39 Å². The summed E-state index contributed by atoms with van der Waals surface area (Å²) in [6.45, 7) is 0.474. The van der Waals surface area contributed by atoms with Crippen LogP contribution in [-0.4, -0.2) is 9.55 Å². The zero-order valence-electron chi connectivity index (χ0n) is 10.6. The van der Waals surface area contributed by atoms with Crippen LogP contribution in [0.2, 0.25) is 0 Å². The molecule has 3 nitrogen and oxygen atoms in total. The third-order valence-corrected chi connectivity index (χ3v) is 3.30. The standard InChI is InChI=1S/C15H14FN3/c1-19-14-7-6-10(9-17)8-13(14)18-15(19)11-4-2-3-5-12(11)16/h2-8H,9,17H2,1H3. The van der Waals surface area contributed by atoms with Crippen molar-refractivity contribution in [2.45, 2.75) is 6.54 Å². The van der Waals surface area contributed by atoms with Gasteiger partial charge in [-0.15, -0.1) is 0 Å². The molecule has 2 aromatic carbocycles. The smallest absolute Gasteiger partial charge is 0.143 e. The molecule has 0 aliphatic heterocycles. The first-order chi connectivity index (χ1) is 9.20. The molecule has 0 fully saturated rings. The lowest BCUT2D eigenvalue weighted by Crippen LogP contribution is -1.96. The molecule has 0 radical (unpaired) electrons. The van der Waals surface area contributed by atoms with Crippen molar-refractivity contribution in [1.82, 2.24) is 9.55 Å². The summed E-state index contributed by atoms with van der Waals surface area (Å²) in [5, 5.41) is 0. The van der Waals surface area contributed by atoms with Gasteiger partial charge in [0.1, 0.15) is 11.6 Å². The first-order valence-electron chi connectivity index (χ1n) is 6.11. The Kier molecular flexibility index (Phi) is 2.80. The maximum Gasteiger partial charge on any atom is 0.143 e. The molecule has 0 bridgehead atoms. The summed E-state index contributed by atoms with van der Waals surface area (Å²) in [4.78, 5) is 4.52. The van der Waals surface area contributed by atoms with E-state index in [2.05, 4.69) is 4.98 Å². The Morgan fingerprint density at radius 1 is 1.21 bits per heavy atom. The molecule has 0 unspecified atom stereocenters. The largest absolute Gasteiger partial charge is 0.327 e. The number of imidazole rings is 1. The van der Waals surface area contributed by atoms with E-state index in [1.165, 1.54) is 6.07 Å². The number of rotatable bonds is 2. The van der Waals surface area contributed by atoms with Crippen LogP contribution in [0.4, 0.5) is 4.39 Å². The minimum atomic E-state index is -0.264. The van der Waals surface area contributed by atoms with E-state index < -0.39 is 0 Å². The molecular weight excluding hydrogens is 241 g/mol. The predicted molar refractivity (Wildman–Crippen MR) is 74.0 cm³/mol. The second kappa shape index (κ2) is 4.48. The average molecular weight is 255 g/mol. The van der Waals surface area contributed by atoms with Gasteiger partial charge in [0.15, 0.2) is 0 Å². The van der Waals surface area contributed by atoms with E-state index in [1.54, 1.807) is 12.1 Å². The van der Waals surface area contributed by atoms with Crippen molar-refractivity contribution in [3.05, 3.63) is 53.8 Å². The fourth-order valence-electron chi connectivity index (χ4n) is 2.26. The topological polar surface area (TPSA) is 43.8 Å². The van der Waals surface area contributed by atoms with Crippen LogP contribution in [-0.2, 0) is 13.6 Å². The highest BCUT2D eigenvalue weighted by atomic mass is 19.1. The minimum absolute atomic E-state index is 0.264. The maximum atomic E-state index is 13.9. The summed E-state index contributed by atoms with van der Waals surface area (Å²) >= 11 is 0. The minimum Gasteiger partial charge on any atom is -0.327 e. The molecule has 19 heavy (non-hydrogen) atoms. The Hall–Kier alpha value is -2.20. The lowest BCUT2D eigenvalue weighted by atomic mass is 10.2. The molecule has 2 N–H and O–H groups in total. The third-order valence-electron chi connectivity index (χ3n) is 3.30. The van der Waals surface area contributed by atoms with Crippen molar-refractivity contribution in [1.29, 1.82) is 0 Å². The second-order valence-electron chi connectivity index (χ2n) is 4.50. The van der Waals surface area contributed by atoms with Gasteiger partial charge in [-0.3, -0.25) is 0 Å². The van der Waals surface area contributed by atoms with Crippen molar-refractivity contribution >= 4 is 11.0 Å². The molecule has 0 atom stereocenters. The first-order valence-corrected chi connectivity index (χ1v) is 6.11. The van der Waals surface area contributed by atoms with Gasteiger partial charge in [-0.05, 0) is 29.8 Å². The Bertz CT molecular complexity index is 746. The number of aryl methyl sites for hydroxylation is 1. The number of nitrogens with zero attached hydrogens (tertiary/aromatic N) is 2. The lowest BCUT2D eigenvalue weighted by Gasteiger charge is -2.03. The van der Waals surface area contributed by atoms with E-state index in [-0.39, 0.29) is 5.82 Å². The van der Waals surface area contributed by atoms with Crippen molar-refractivity contribution in [3.8, 4) is 11.4 Å². The van der Waals surface area contributed by atoms with Crippen LogP contribution in [0, 0.1) is 5.82 Å². The number of hydrogen-bond donors (Lipinski definition) is 1. The van der Waals surface area contributed by atoms with Crippen LogP contribution in [0.1, 0.15) is 5.56 Å². The van der Waals surface area contributed by atoms with Gasteiger partial charge in [0, 0.05) is 13.6 Å². The van der Waals surface area contributed by atoms with Gasteiger partial charge in [-0.1, -0.05) is 18.2 Å². The lowest BCUT2D eigenvalue weighted by molar-refractivity contribution is 0.629. The number of nitrogens with two attached hydrogens (primary N) is 1. The molecule has 96 valence electrons. The van der Waals surface area contributed by atoms with Gasteiger partial charge >= 0.3 is 0 Å². The molecular formula is C15H14FN3. The zero-order chi connectivity index (χ0) is 13.4. The molecule has 0 aliphatic rings. The summed E-state index contributed by atoms with van der Waals surface area (Å²) in [5.41, 5.74) is 8.96. The van der Waals surface area contributed by atoms with Crippen LogP contribution in [0.3, 0.4) is 0 Å². The summed E-state index contributed by atoms with van der Waals surface area (Å²) in [6, 6.07) is 12.5. The van der Waals surface area contributed by atoms with E-state index in [0.717, 1.165) is 16.6 Å². The van der Waals surface area contributed by atoms with Gasteiger partial charge in [0.2, 0.25) is 0 Å². The summed E-state index contributed by atoms with van der Waals surface area (Å²) in [6.07, 6.45) is 0.